The fourth-order valence-corrected chi connectivity index (χ4v) is 6.70. The summed E-state index contributed by atoms with van der Waals surface area (Å²) in [7, 11) is 3.20. The Balaban J connectivity index is 1.85. The number of phenols is 1. The molecule has 0 aliphatic heterocycles. The van der Waals surface area contributed by atoms with E-state index in [0.717, 1.165) is 5.56 Å². The molecule has 0 heterocycles. The van der Waals surface area contributed by atoms with Crippen molar-refractivity contribution in [1.29, 1.82) is 0 Å². The van der Waals surface area contributed by atoms with Crippen LogP contribution in [0, 0.1) is 23.7 Å². The van der Waals surface area contributed by atoms with Gasteiger partial charge in [-0.15, -0.1) is 0 Å². The zero-order valence-corrected chi connectivity index (χ0v) is 21.3. The van der Waals surface area contributed by atoms with E-state index in [1.54, 1.807) is 25.1 Å². The maximum atomic E-state index is 13.9. The number of nitrogens with zero attached hydrogens (tertiary/aromatic N) is 1. The number of rotatable bonds is 5. The summed E-state index contributed by atoms with van der Waals surface area (Å²) in [4.78, 5) is 66.1. The van der Waals surface area contributed by atoms with Crippen molar-refractivity contribution in [2.24, 2.45) is 29.4 Å². The van der Waals surface area contributed by atoms with Crippen LogP contribution < -0.4 is 11.1 Å². The summed E-state index contributed by atoms with van der Waals surface area (Å²) in [6.45, 7) is 3.19. The molecule has 4 rings (SSSR count). The van der Waals surface area contributed by atoms with Gasteiger partial charge in [-0.25, -0.2) is 0 Å². The summed E-state index contributed by atoms with van der Waals surface area (Å²) in [6.07, 6.45) is -0.704. The number of nitrogens with one attached hydrogen (secondary N) is 1. The lowest BCUT2D eigenvalue weighted by Gasteiger charge is -2.55. The van der Waals surface area contributed by atoms with Gasteiger partial charge in [0.05, 0.1) is 17.6 Å². The number of aromatic hydroxyl groups is 1. The van der Waals surface area contributed by atoms with Gasteiger partial charge in [-0.3, -0.25) is 24.0 Å². The van der Waals surface area contributed by atoms with E-state index in [-0.39, 0.29) is 36.6 Å². The predicted octanol–water partition coefficient (Wildman–Crippen LogP) is -1.14. The summed E-state index contributed by atoms with van der Waals surface area (Å²) in [5, 5.41) is 36.2. The number of aliphatic hydroxyl groups is 2. The zero-order chi connectivity index (χ0) is 27.6. The molecular weight excluding hydrogens is 482 g/mol. The van der Waals surface area contributed by atoms with Crippen LogP contribution in [0.15, 0.2) is 6.07 Å². The average molecular weight is 516 g/mol. The molecule has 3 unspecified atom stereocenters. The van der Waals surface area contributed by atoms with Gasteiger partial charge >= 0.3 is 0 Å². The van der Waals surface area contributed by atoms with Gasteiger partial charge in [-0.05, 0) is 50.4 Å². The number of hydrogen-bond acceptors (Lipinski definition) is 9. The SMILES string of the molecule is CCc1cc(CNC(C)=O)c(O)c2c1C[C@@H]1C[C@@H]3[C@@H](N(C)C)C(O)C(C(N)=O)C(=O)[C@]3(O)C(=O)C1C2=O. The predicted molar refractivity (Wildman–Crippen MR) is 129 cm³/mol. The summed E-state index contributed by atoms with van der Waals surface area (Å²) in [5.74, 6) is -9.68. The van der Waals surface area contributed by atoms with Crippen molar-refractivity contribution in [2.45, 2.75) is 57.4 Å². The number of ketones is 3. The second-order valence-corrected chi connectivity index (χ2v) is 10.6. The first-order chi connectivity index (χ1) is 17.3. The third-order valence-corrected chi connectivity index (χ3v) is 8.37. The number of hydrogen-bond donors (Lipinski definition) is 5. The lowest BCUT2D eigenvalue weighted by atomic mass is 9.52. The zero-order valence-electron chi connectivity index (χ0n) is 21.3. The molecule has 2 amide bonds. The van der Waals surface area contributed by atoms with E-state index in [1.807, 2.05) is 6.92 Å². The first-order valence-corrected chi connectivity index (χ1v) is 12.4. The number of nitrogens with two attached hydrogens (primary N) is 1. The second-order valence-electron chi connectivity index (χ2n) is 10.6. The van der Waals surface area contributed by atoms with Gasteiger partial charge in [0.15, 0.2) is 23.0 Å². The minimum Gasteiger partial charge on any atom is -0.507 e. The van der Waals surface area contributed by atoms with Gasteiger partial charge in [-0.2, -0.15) is 0 Å². The highest BCUT2D eigenvalue weighted by molar-refractivity contribution is 6.25. The van der Waals surface area contributed by atoms with Crippen molar-refractivity contribution < 1.29 is 39.3 Å². The number of benzene rings is 1. The molecule has 2 saturated carbocycles. The molecule has 0 bridgehead atoms. The van der Waals surface area contributed by atoms with E-state index in [2.05, 4.69) is 5.32 Å². The minimum atomic E-state index is -2.70. The van der Waals surface area contributed by atoms with Crippen LogP contribution in [0.5, 0.6) is 5.75 Å². The fraction of sp³-hybridized carbons (Fsp3) is 0.577. The Morgan fingerprint density at radius 3 is 2.38 bits per heavy atom. The van der Waals surface area contributed by atoms with Crippen molar-refractivity contribution in [3.63, 3.8) is 0 Å². The van der Waals surface area contributed by atoms with E-state index in [1.165, 1.54) is 6.92 Å². The molecule has 11 nitrogen and oxygen atoms in total. The van der Waals surface area contributed by atoms with Crippen LogP contribution in [0.4, 0.5) is 0 Å². The molecule has 11 heteroatoms. The van der Waals surface area contributed by atoms with Crippen LogP contribution in [-0.4, -0.2) is 81.2 Å². The van der Waals surface area contributed by atoms with Crippen LogP contribution >= 0.6 is 0 Å². The van der Waals surface area contributed by atoms with Crippen LogP contribution in [-0.2, 0) is 38.6 Å². The first kappa shape index (κ1) is 26.9. The molecule has 0 radical (unpaired) electrons. The standard InChI is InChI=1S/C26H33N3O8/c1-5-11-6-13(9-28-10(2)30)20(31)17-14(11)7-12-8-15-19(29(3)4)22(33)18(25(27)36)24(35)26(15,37)23(34)16(12)21(17)32/h6,12,15-16,18-19,22,31,33,37H,5,7-9H2,1-4H3,(H2,27,36)(H,28,30)/t12-,15-,16?,18?,19-,22?,26-/m1/s1. The highest BCUT2D eigenvalue weighted by Crippen LogP contribution is 2.52. The third-order valence-electron chi connectivity index (χ3n) is 8.37. The van der Waals surface area contributed by atoms with E-state index in [9.17, 15) is 39.3 Å². The normalized spacial score (nSPS) is 33.0. The fourth-order valence-electron chi connectivity index (χ4n) is 6.70. The van der Waals surface area contributed by atoms with Crippen molar-refractivity contribution in [3.05, 3.63) is 28.3 Å². The molecule has 0 aromatic heterocycles. The lowest BCUT2D eigenvalue weighted by molar-refractivity contribution is -0.190. The van der Waals surface area contributed by atoms with Crippen molar-refractivity contribution in [1.82, 2.24) is 10.2 Å². The Labute approximate surface area is 214 Å². The Morgan fingerprint density at radius 1 is 1.19 bits per heavy atom. The molecule has 6 N–H and O–H groups in total. The maximum absolute atomic E-state index is 13.9. The number of Topliss-reactive ketones (excluding diaryl/α,β-unsaturated/α-hetero) is 3. The Morgan fingerprint density at radius 2 is 1.84 bits per heavy atom. The summed E-state index contributed by atoms with van der Waals surface area (Å²) in [5.41, 5.74) is 4.34. The lowest BCUT2D eigenvalue weighted by Crippen LogP contribution is -2.75. The first-order valence-electron chi connectivity index (χ1n) is 12.4. The van der Waals surface area contributed by atoms with Gasteiger partial charge in [0, 0.05) is 31.0 Å². The molecule has 1 aromatic carbocycles. The van der Waals surface area contributed by atoms with Gasteiger partial charge in [0.2, 0.25) is 11.8 Å². The van der Waals surface area contributed by atoms with E-state index in [0.29, 0.717) is 17.5 Å². The Bertz CT molecular complexity index is 1210. The molecule has 2 fully saturated rings. The number of aryl methyl sites for hydroxylation is 1. The monoisotopic (exact) mass is 515 g/mol. The van der Waals surface area contributed by atoms with Gasteiger partial charge in [-0.1, -0.05) is 13.0 Å². The number of phenolic OH excluding ortho intramolecular Hbond substituents is 1. The summed E-state index contributed by atoms with van der Waals surface area (Å²) in [6, 6.07) is 0.785. The van der Waals surface area contributed by atoms with Crippen molar-refractivity contribution in [3.8, 4) is 5.75 Å². The van der Waals surface area contributed by atoms with Crippen LogP contribution in [0.2, 0.25) is 0 Å². The number of primary amides is 1. The van der Waals surface area contributed by atoms with Crippen LogP contribution in [0.3, 0.4) is 0 Å². The van der Waals surface area contributed by atoms with Gasteiger partial charge < -0.3 is 31.3 Å². The summed E-state index contributed by atoms with van der Waals surface area (Å²) < 4.78 is 0. The topological polar surface area (TPSA) is 187 Å². The van der Waals surface area contributed by atoms with Gasteiger partial charge in [0.25, 0.3) is 0 Å². The molecule has 200 valence electrons. The van der Waals surface area contributed by atoms with E-state index < -0.39 is 64.7 Å². The van der Waals surface area contributed by atoms with E-state index >= 15 is 0 Å². The molecule has 3 aliphatic rings. The van der Waals surface area contributed by atoms with Crippen LogP contribution in [0.1, 0.15) is 47.3 Å². The number of likely N-dealkylation sites (N-methyl/N-ethyl adjacent to an activating group) is 1. The largest absolute Gasteiger partial charge is 0.507 e. The number of carbonyl (C=O) groups is 5. The van der Waals surface area contributed by atoms with Crippen molar-refractivity contribution >= 4 is 29.2 Å². The summed E-state index contributed by atoms with van der Waals surface area (Å²) >= 11 is 0. The molecule has 7 atom stereocenters. The highest BCUT2D eigenvalue weighted by atomic mass is 16.3. The molecular formula is C26H33N3O8. The molecule has 37 heavy (non-hydrogen) atoms. The Kier molecular flexibility index (Phi) is 6.76. The van der Waals surface area contributed by atoms with E-state index in [4.69, 9.17) is 5.73 Å². The molecule has 1 aromatic rings. The second kappa shape index (κ2) is 9.30. The van der Waals surface area contributed by atoms with Crippen molar-refractivity contribution in [2.75, 3.05) is 14.1 Å². The maximum Gasteiger partial charge on any atom is 0.230 e. The molecule has 0 spiro atoms. The quantitative estimate of drug-likeness (QED) is 0.302. The minimum absolute atomic E-state index is 0.0238. The number of amides is 2. The Hall–Kier alpha value is -3.15. The van der Waals surface area contributed by atoms with Crippen LogP contribution in [0.25, 0.3) is 0 Å². The average Bonchev–Trinajstić information content (AvgIpc) is 2.80. The number of fused-ring (bicyclic) bond motifs is 3. The smallest absolute Gasteiger partial charge is 0.230 e. The molecule has 3 aliphatic carbocycles. The third kappa shape index (κ3) is 3.87. The highest BCUT2D eigenvalue weighted by Gasteiger charge is 2.69. The number of carbonyl (C=O) groups excluding carboxylic acids is 5. The molecule has 0 saturated heterocycles. The number of aliphatic hydroxyl groups excluding tert-OH is 1. The van der Waals surface area contributed by atoms with Gasteiger partial charge in [0.1, 0.15) is 11.7 Å².